The predicted octanol–water partition coefficient (Wildman–Crippen LogP) is 2.29. The molecule has 1 heterocycles. The second kappa shape index (κ2) is 3.98. The third kappa shape index (κ3) is 1.70. The van der Waals surface area contributed by atoms with E-state index in [1.165, 1.54) is 0 Å². The maximum atomic E-state index is 11.5. The predicted molar refractivity (Wildman–Crippen MR) is 72.0 cm³/mol. The fraction of sp³-hybridized carbons (Fsp3) is 0.286. The number of carbonyl (C=O) groups excluding carboxylic acids is 1. The van der Waals surface area contributed by atoms with Crippen LogP contribution in [0.5, 0.6) is 0 Å². The normalized spacial score (nSPS) is 16.1. The summed E-state index contributed by atoms with van der Waals surface area (Å²) >= 11 is 0. The largest absolute Gasteiger partial charge is 0.382 e. The van der Waals surface area contributed by atoms with Crippen molar-refractivity contribution in [1.29, 1.82) is 0 Å². The Morgan fingerprint density at radius 2 is 2.17 bits per heavy atom. The maximum absolute atomic E-state index is 11.5. The number of nitrogen functional groups attached to an aromatic ring is 1. The Morgan fingerprint density at radius 3 is 2.94 bits per heavy atom. The second-order valence-corrected chi connectivity index (χ2v) is 4.73. The molecule has 1 aliphatic carbocycles. The van der Waals surface area contributed by atoms with Crippen LogP contribution in [0.15, 0.2) is 24.3 Å². The summed E-state index contributed by atoms with van der Waals surface area (Å²) in [6.45, 7) is 0. The van der Waals surface area contributed by atoms with Gasteiger partial charge < -0.3 is 5.73 Å². The summed E-state index contributed by atoms with van der Waals surface area (Å²) in [6, 6.07) is 6.06. The number of nitrogens with two attached hydrogens (primary N) is 1. The van der Waals surface area contributed by atoms with Crippen molar-refractivity contribution in [3.8, 4) is 0 Å². The van der Waals surface area contributed by atoms with Gasteiger partial charge in [0.2, 0.25) is 0 Å². The molecule has 0 radical (unpaired) electrons. The van der Waals surface area contributed by atoms with Crippen molar-refractivity contribution >= 4 is 28.1 Å². The van der Waals surface area contributed by atoms with Gasteiger partial charge in [0.15, 0.2) is 11.6 Å². The lowest BCUT2D eigenvalue weighted by Gasteiger charge is -2.12. The van der Waals surface area contributed by atoms with E-state index in [9.17, 15) is 4.79 Å². The van der Waals surface area contributed by atoms with Gasteiger partial charge in [-0.2, -0.15) is 5.10 Å². The van der Waals surface area contributed by atoms with Crippen molar-refractivity contribution in [2.24, 2.45) is 7.05 Å². The molecule has 0 amide bonds. The molecule has 4 nitrogen and oxygen atoms in total. The first-order chi connectivity index (χ1) is 8.65. The van der Waals surface area contributed by atoms with E-state index in [0.29, 0.717) is 12.2 Å². The third-order valence-corrected chi connectivity index (χ3v) is 3.46. The van der Waals surface area contributed by atoms with Gasteiger partial charge in [0.05, 0.1) is 5.52 Å². The Labute approximate surface area is 105 Å². The van der Waals surface area contributed by atoms with E-state index in [1.807, 2.05) is 19.2 Å². The van der Waals surface area contributed by atoms with Crippen molar-refractivity contribution < 1.29 is 4.79 Å². The lowest BCUT2D eigenvalue weighted by molar-refractivity contribution is -0.114. The van der Waals surface area contributed by atoms with E-state index in [4.69, 9.17) is 5.73 Å². The van der Waals surface area contributed by atoms with Crippen molar-refractivity contribution in [1.82, 2.24) is 9.78 Å². The van der Waals surface area contributed by atoms with Crippen LogP contribution in [0.1, 0.15) is 24.8 Å². The number of carbonyl (C=O) groups is 1. The van der Waals surface area contributed by atoms with Crippen LogP contribution in [-0.4, -0.2) is 15.6 Å². The first-order valence-corrected chi connectivity index (χ1v) is 6.11. The number of ketones is 1. The van der Waals surface area contributed by atoms with Gasteiger partial charge in [0.1, 0.15) is 0 Å². The van der Waals surface area contributed by atoms with Gasteiger partial charge in [-0.15, -0.1) is 0 Å². The van der Waals surface area contributed by atoms with Gasteiger partial charge >= 0.3 is 0 Å². The number of allylic oxidation sites excluding steroid dienone is 2. The Bertz CT molecular complexity index is 667. The van der Waals surface area contributed by atoms with E-state index in [2.05, 4.69) is 11.2 Å². The van der Waals surface area contributed by atoms with Crippen LogP contribution in [0.2, 0.25) is 0 Å². The summed E-state index contributed by atoms with van der Waals surface area (Å²) < 4.78 is 1.78. The number of nitrogens with zero attached hydrogens (tertiary/aromatic N) is 2. The van der Waals surface area contributed by atoms with E-state index in [-0.39, 0.29) is 5.78 Å². The molecular weight excluding hydrogens is 226 g/mol. The van der Waals surface area contributed by atoms with Gasteiger partial charge in [0.25, 0.3) is 0 Å². The summed E-state index contributed by atoms with van der Waals surface area (Å²) in [7, 11) is 1.88. The molecule has 0 saturated heterocycles. The van der Waals surface area contributed by atoms with Crippen LogP contribution >= 0.6 is 0 Å². The Morgan fingerprint density at radius 1 is 1.33 bits per heavy atom. The van der Waals surface area contributed by atoms with Crippen molar-refractivity contribution in [2.75, 3.05) is 5.73 Å². The highest BCUT2D eigenvalue weighted by molar-refractivity contribution is 5.99. The molecule has 1 aliphatic rings. The van der Waals surface area contributed by atoms with Gasteiger partial charge in [0, 0.05) is 18.9 Å². The number of aromatic nitrogens is 2. The minimum absolute atomic E-state index is 0.223. The molecule has 2 N–H and O–H groups in total. The van der Waals surface area contributed by atoms with E-state index in [0.717, 1.165) is 34.9 Å². The van der Waals surface area contributed by atoms with Crippen LogP contribution in [0, 0.1) is 0 Å². The summed E-state index contributed by atoms with van der Waals surface area (Å²) in [5.74, 6) is 0.772. The average Bonchev–Trinajstić information content (AvgIpc) is 2.65. The SMILES string of the molecule is Cn1nc(N)c2ccc(C3=CC(=O)CCC3)cc21. The van der Waals surface area contributed by atoms with Crippen molar-refractivity contribution in [2.45, 2.75) is 19.3 Å². The van der Waals surface area contributed by atoms with E-state index >= 15 is 0 Å². The number of aryl methyl sites for hydroxylation is 1. The summed E-state index contributed by atoms with van der Waals surface area (Å²) in [5.41, 5.74) is 9.04. The highest BCUT2D eigenvalue weighted by atomic mass is 16.1. The molecular formula is C14H15N3O. The van der Waals surface area contributed by atoms with Crippen molar-refractivity contribution in [3.05, 3.63) is 29.8 Å². The van der Waals surface area contributed by atoms with Crippen LogP contribution in [-0.2, 0) is 11.8 Å². The fourth-order valence-electron chi connectivity index (χ4n) is 2.50. The molecule has 0 spiro atoms. The smallest absolute Gasteiger partial charge is 0.155 e. The zero-order valence-corrected chi connectivity index (χ0v) is 10.3. The zero-order chi connectivity index (χ0) is 12.7. The molecule has 0 fully saturated rings. The fourth-order valence-corrected chi connectivity index (χ4v) is 2.50. The number of rotatable bonds is 1. The standard InChI is InChI=1S/C14H15N3O/c1-17-13-8-10(5-6-12(13)14(15)16-17)9-3-2-4-11(18)7-9/h5-8H,2-4H2,1H3,(H2,15,16). The van der Waals surface area contributed by atoms with Gasteiger partial charge in [-0.05, 0) is 42.2 Å². The molecule has 0 saturated carbocycles. The first-order valence-electron chi connectivity index (χ1n) is 6.11. The molecule has 0 bridgehead atoms. The number of hydrogen-bond donors (Lipinski definition) is 1. The quantitative estimate of drug-likeness (QED) is 0.833. The maximum Gasteiger partial charge on any atom is 0.155 e. The monoisotopic (exact) mass is 241 g/mol. The molecule has 18 heavy (non-hydrogen) atoms. The molecule has 1 aromatic carbocycles. The molecule has 0 atom stereocenters. The van der Waals surface area contributed by atoms with Crippen LogP contribution in [0.4, 0.5) is 5.82 Å². The number of benzene rings is 1. The van der Waals surface area contributed by atoms with Crippen molar-refractivity contribution in [3.63, 3.8) is 0 Å². The molecule has 2 aromatic rings. The van der Waals surface area contributed by atoms with Gasteiger partial charge in [-0.25, -0.2) is 0 Å². The minimum atomic E-state index is 0.223. The third-order valence-electron chi connectivity index (χ3n) is 3.46. The number of fused-ring (bicyclic) bond motifs is 1. The summed E-state index contributed by atoms with van der Waals surface area (Å²) in [5, 5.41) is 5.16. The molecule has 4 heteroatoms. The Kier molecular flexibility index (Phi) is 2.44. The number of anilines is 1. The van der Waals surface area contributed by atoms with Gasteiger partial charge in [-0.1, -0.05) is 6.07 Å². The number of hydrogen-bond acceptors (Lipinski definition) is 3. The lowest BCUT2D eigenvalue weighted by Crippen LogP contribution is -2.02. The first kappa shape index (κ1) is 11.0. The van der Waals surface area contributed by atoms with E-state index in [1.54, 1.807) is 10.8 Å². The van der Waals surface area contributed by atoms with Crippen LogP contribution < -0.4 is 5.73 Å². The second-order valence-electron chi connectivity index (χ2n) is 4.73. The Balaban J connectivity index is 2.13. The lowest BCUT2D eigenvalue weighted by atomic mass is 9.92. The minimum Gasteiger partial charge on any atom is -0.382 e. The van der Waals surface area contributed by atoms with Crippen LogP contribution in [0.25, 0.3) is 16.5 Å². The Hall–Kier alpha value is -2.10. The molecule has 92 valence electrons. The summed E-state index contributed by atoms with van der Waals surface area (Å²) in [4.78, 5) is 11.5. The highest BCUT2D eigenvalue weighted by Crippen LogP contribution is 2.29. The molecule has 0 aliphatic heterocycles. The summed E-state index contributed by atoms with van der Waals surface area (Å²) in [6.07, 6.45) is 4.34. The molecule has 1 aromatic heterocycles. The van der Waals surface area contributed by atoms with Gasteiger partial charge in [-0.3, -0.25) is 9.48 Å². The zero-order valence-electron chi connectivity index (χ0n) is 10.3. The molecule has 0 unspecified atom stereocenters. The molecule has 3 rings (SSSR count). The topological polar surface area (TPSA) is 60.9 Å². The average molecular weight is 241 g/mol. The van der Waals surface area contributed by atoms with Crippen LogP contribution in [0.3, 0.4) is 0 Å². The highest BCUT2D eigenvalue weighted by Gasteiger charge is 2.13. The van der Waals surface area contributed by atoms with E-state index < -0.39 is 0 Å².